The zero-order chi connectivity index (χ0) is 24.5. The normalized spacial score (nSPS) is 17.0. The van der Waals surface area contributed by atoms with Crippen molar-refractivity contribution in [3.05, 3.63) is 0 Å². The van der Waals surface area contributed by atoms with E-state index in [1.165, 1.54) is 0 Å². The van der Waals surface area contributed by atoms with Crippen LogP contribution in [0.5, 0.6) is 0 Å². The van der Waals surface area contributed by atoms with E-state index in [4.69, 9.17) is 0 Å². The molecular formula is C9HBr19O. The van der Waals surface area contributed by atoms with Gasteiger partial charge >= 0.3 is 0 Å². The van der Waals surface area contributed by atoms with Gasteiger partial charge in [0.2, 0.25) is 0 Å². The highest BCUT2D eigenvalue weighted by molar-refractivity contribution is 9.42. The summed E-state index contributed by atoms with van der Waals surface area (Å²) in [5.74, 6) is 0. The van der Waals surface area contributed by atoms with Crippen LogP contribution in [0.3, 0.4) is 0 Å². The molecule has 0 aliphatic heterocycles. The predicted molar refractivity (Wildman–Crippen MR) is 196 cm³/mol. The second-order valence-corrected chi connectivity index (χ2v) is 42.6. The highest BCUT2D eigenvalue weighted by Gasteiger charge is 2.80. The Bertz CT molecular complexity index is 589. The van der Waals surface area contributed by atoms with E-state index in [9.17, 15) is 5.11 Å². The van der Waals surface area contributed by atoms with Gasteiger partial charge in [-0.05, 0) is 0 Å². The first-order chi connectivity index (χ1) is 12.0. The molecule has 0 aliphatic rings. The van der Waals surface area contributed by atoms with Gasteiger partial charge in [-0.1, -0.05) is 303 Å². The molecule has 29 heavy (non-hydrogen) atoms. The zero-order valence-electron chi connectivity index (χ0n) is 12.1. The fraction of sp³-hybridized carbons (Fsp3) is 1.00. The minimum atomic E-state index is -1.79. The third-order valence-corrected chi connectivity index (χ3v) is 32.0. The molecule has 0 bridgehead atoms. The van der Waals surface area contributed by atoms with Crippen LogP contribution < -0.4 is 0 Å². The molecule has 0 unspecified atom stereocenters. The minimum Gasteiger partial charge on any atom is -0.381 e. The van der Waals surface area contributed by atoms with Gasteiger partial charge in [0.05, 0.1) is 0 Å². The molecule has 0 amide bonds. The average molecular weight is 1640 g/mol. The summed E-state index contributed by atoms with van der Waals surface area (Å²) in [4.78, 5) is 0. The van der Waals surface area contributed by atoms with Crippen molar-refractivity contribution in [1.29, 1.82) is 0 Å². The fourth-order valence-electron chi connectivity index (χ4n) is 1.51. The van der Waals surface area contributed by atoms with Gasteiger partial charge in [-0.3, -0.25) is 0 Å². The maximum atomic E-state index is 12.0. The smallest absolute Gasteiger partial charge is 0.168 e. The molecular weight excluding hydrogens is 1640 g/mol. The Hall–Kier alpha value is 9.08. The van der Waals surface area contributed by atoms with Crippen molar-refractivity contribution in [2.45, 2.75) is 28.2 Å². The van der Waals surface area contributed by atoms with Gasteiger partial charge in [0.25, 0.3) is 0 Å². The Morgan fingerprint density at radius 2 is 0.483 bits per heavy atom. The third-order valence-electron chi connectivity index (χ3n) is 3.21. The van der Waals surface area contributed by atoms with E-state index < -0.39 is 28.2 Å². The van der Waals surface area contributed by atoms with E-state index in [1.807, 2.05) is 0 Å². The Labute approximate surface area is 328 Å². The Balaban J connectivity index is 7.04. The van der Waals surface area contributed by atoms with Crippen molar-refractivity contribution in [2.75, 3.05) is 0 Å². The summed E-state index contributed by atoms with van der Waals surface area (Å²) in [5.41, 5.74) is -1.79. The largest absolute Gasteiger partial charge is 0.381 e. The van der Waals surface area contributed by atoms with Crippen LogP contribution >= 0.6 is 303 Å². The summed E-state index contributed by atoms with van der Waals surface area (Å²) in [6.45, 7) is 0. The van der Waals surface area contributed by atoms with E-state index in [2.05, 4.69) is 303 Å². The van der Waals surface area contributed by atoms with Gasteiger partial charge in [0.15, 0.2) is 12.0 Å². The molecule has 0 atom stereocenters. The molecule has 20 heteroatoms. The minimum absolute atomic E-state index is 0.846. The van der Waals surface area contributed by atoms with Crippen LogP contribution in [-0.2, 0) is 0 Å². The van der Waals surface area contributed by atoms with Crippen molar-refractivity contribution in [2.24, 2.45) is 0 Å². The summed E-state index contributed by atoms with van der Waals surface area (Å²) in [6, 6.07) is 0. The molecule has 1 nitrogen and oxygen atoms in total. The zero-order valence-corrected chi connectivity index (χ0v) is 42.3. The van der Waals surface area contributed by atoms with Gasteiger partial charge < -0.3 is 5.11 Å². The number of aliphatic hydroxyl groups is 1. The van der Waals surface area contributed by atoms with Crippen LogP contribution in [0.2, 0.25) is 0 Å². The molecule has 176 valence electrons. The highest BCUT2D eigenvalue weighted by atomic mass is 80.0. The summed E-state index contributed by atoms with van der Waals surface area (Å²) < 4.78 is -9.18. The molecule has 0 aromatic rings. The van der Waals surface area contributed by atoms with E-state index in [0.717, 1.165) is 0 Å². The Kier molecular flexibility index (Phi) is 15.9. The summed E-state index contributed by atoms with van der Waals surface area (Å²) in [7, 11) is 0. The van der Waals surface area contributed by atoms with Crippen molar-refractivity contribution in [3.63, 3.8) is 0 Å². The van der Waals surface area contributed by atoms with Crippen LogP contribution in [0.4, 0.5) is 0 Å². The molecule has 0 rings (SSSR count). The summed E-state index contributed by atoms with van der Waals surface area (Å²) in [5, 5.41) is 12.0. The highest BCUT2D eigenvalue weighted by Crippen LogP contribution is 2.78. The molecule has 0 aliphatic carbocycles. The van der Waals surface area contributed by atoms with E-state index in [-0.39, 0.29) is 0 Å². The lowest BCUT2D eigenvalue weighted by Gasteiger charge is -2.59. The molecule has 0 saturated heterocycles. The third kappa shape index (κ3) is 6.94. The first-order valence-corrected chi connectivity index (χ1v) is 20.9. The lowest BCUT2D eigenvalue weighted by Crippen LogP contribution is -2.73. The van der Waals surface area contributed by atoms with Crippen molar-refractivity contribution in [3.8, 4) is 0 Å². The lowest BCUT2D eigenvalue weighted by molar-refractivity contribution is 0.0569. The van der Waals surface area contributed by atoms with Crippen LogP contribution in [0.1, 0.15) is 0 Å². The molecule has 0 aromatic heterocycles. The number of halogens is 19. The fourth-order valence-corrected chi connectivity index (χ4v) is 22.3. The SMILES string of the molecule is OC(C(Br)(Br)Br)(C(Br)(Br)Br)C(Br)(Br)C(Br)(Br)C(Br)(Br)C(Br)(Br)C(Br)(Br)C(Br)(Br)Br. The van der Waals surface area contributed by atoms with Crippen LogP contribution in [0.15, 0.2) is 0 Å². The molecule has 1 N–H and O–H groups in total. The number of rotatable bonds is 5. The van der Waals surface area contributed by atoms with Crippen LogP contribution in [0.25, 0.3) is 0 Å². The summed E-state index contributed by atoms with van der Waals surface area (Å²) >= 11 is 68.5. The second kappa shape index (κ2) is 12.1. The van der Waals surface area contributed by atoms with Gasteiger partial charge in [-0.25, -0.2) is 0 Å². The molecule has 0 spiro atoms. The maximum Gasteiger partial charge on any atom is 0.168 e. The molecule has 0 aromatic carbocycles. The van der Waals surface area contributed by atoms with E-state index >= 15 is 0 Å². The number of hydrogen-bond donors (Lipinski definition) is 1. The van der Waals surface area contributed by atoms with Crippen LogP contribution in [0, 0.1) is 0 Å². The quantitative estimate of drug-likeness (QED) is 0.272. The van der Waals surface area contributed by atoms with Gasteiger partial charge in [-0.2, -0.15) is 0 Å². The van der Waals surface area contributed by atoms with Gasteiger partial charge in [-0.15, -0.1) is 0 Å². The second-order valence-electron chi connectivity index (χ2n) is 5.08. The standard InChI is InChI=1S/C9HBr19O/c10-2(11,1(29,7(20,21)22)8(23,24)25)3(12,13)4(14,15)5(16,17)6(18,19)9(26,27)28/h29H. The van der Waals surface area contributed by atoms with Gasteiger partial charge in [0.1, 0.15) is 16.2 Å². The molecule has 0 heterocycles. The van der Waals surface area contributed by atoms with Crippen molar-refractivity contribution < 1.29 is 5.11 Å². The number of hydrogen-bond acceptors (Lipinski definition) is 1. The lowest BCUT2D eigenvalue weighted by atomic mass is 9.98. The Morgan fingerprint density at radius 1 is 0.276 bits per heavy atom. The first kappa shape index (κ1) is 38.1. The monoisotopic (exact) mass is 1620 g/mol. The van der Waals surface area contributed by atoms with Crippen molar-refractivity contribution in [1.82, 2.24) is 0 Å². The number of alkyl halides is 19. The molecule has 0 radical (unpaired) electrons. The van der Waals surface area contributed by atoms with E-state index in [0.29, 0.717) is 0 Å². The summed E-state index contributed by atoms with van der Waals surface area (Å²) in [6.07, 6.45) is 0. The maximum absolute atomic E-state index is 12.0. The first-order valence-electron chi connectivity index (χ1n) is 5.81. The predicted octanol–water partition coefficient (Wildman–Crippen LogP) is 13.7. The molecule has 0 saturated carbocycles. The average Bonchev–Trinajstić information content (AvgIpc) is 2.41. The van der Waals surface area contributed by atoms with Gasteiger partial charge in [0, 0.05) is 0 Å². The van der Waals surface area contributed by atoms with Crippen molar-refractivity contribution >= 4 is 303 Å². The molecule has 0 fully saturated rings. The van der Waals surface area contributed by atoms with E-state index in [1.54, 1.807) is 0 Å². The topological polar surface area (TPSA) is 20.2 Å². The van der Waals surface area contributed by atoms with Crippen LogP contribution in [-0.4, -0.2) is 33.3 Å². The Morgan fingerprint density at radius 3 is 0.690 bits per heavy atom.